The van der Waals surface area contributed by atoms with Crippen LogP contribution in [-0.2, 0) is 4.74 Å². The lowest BCUT2D eigenvalue weighted by molar-refractivity contribution is 0.0122. The Morgan fingerprint density at radius 3 is 2.57 bits per heavy atom. The largest absolute Gasteiger partial charge is 0.474 e. The normalized spacial score (nSPS) is 16.7. The van der Waals surface area contributed by atoms with E-state index in [9.17, 15) is 9.18 Å². The molecule has 0 spiro atoms. The van der Waals surface area contributed by atoms with Gasteiger partial charge in [-0.05, 0) is 26.8 Å². The number of hydrogen-bond donors (Lipinski definition) is 0. The van der Waals surface area contributed by atoms with Crippen LogP contribution in [0.15, 0.2) is 18.2 Å². The van der Waals surface area contributed by atoms with Gasteiger partial charge >= 0.3 is 6.09 Å². The summed E-state index contributed by atoms with van der Waals surface area (Å²) < 4.78 is 24.0. The average molecular weight is 296 g/mol. The number of halogens is 1. The van der Waals surface area contributed by atoms with E-state index >= 15 is 0 Å². The lowest BCUT2D eigenvalue weighted by Gasteiger charge is -2.33. The predicted octanol–water partition coefficient (Wildman–Crippen LogP) is 3.00. The van der Waals surface area contributed by atoms with Crippen LogP contribution in [0.1, 0.15) is 33.6 Å². The van der Waals surface area contributed by atoms with Crippen molar-refractivity contribution in [2.75, 3.05) is 13.1 Å². The molecule has 116 valence electrons. The standard InChI is InChI=1S/C15H21FN2O3/c1-15(2,3)21-14(19)18-9-7-11(8-10-18)20-13-6-4-5-12(16)17-13/h4-6,11H,7-10H2,1-3H3. The minimum Gasteiger partial charge on any atom is -0.474 e. The van der Waals surface area contributed by atoms with Crippen LogP contribution in [-0.4, -0.2) is 40.8 Å². The summed E-state index contributed by atoms with van der Waals surface area (Å²) >= 11 is 0. The van der Waals surface area contributed by atoms with Gasteiger partial charge in [-0.15, -0.1) is 0 Å². The third-order valence-corrected chi connectivity index (χ3v) is 3.07. The summed E-state index contributed by atoms with van der Waals surface area (Å²) in [5, 5.41) is 0. The molecule has 6 heteroatoms. The third-order valence-electron chi connectivity index (χ3n) is 3.07. The second-order valence-corrected chi connectivity index (χ2v) is 6.08. The van der Waals surface area contributed by atoms with Gasteiger partial charge in [-0.2, -0.15) is 9.37 Å². The zero-order valence-electron chi connectivity index (χ0n) is 12.6. The van der Waals surface area contributed by atoms with Crippen LogP contribution in [0.3, 0.4) is 0 Å². The van der Waals surface area contributed by atoms with Gasteiger partial charge in [0, 0.05) is 32.0 Å². The zero-order chi connectivity index (χ0) is 15.5. The number of piperidine rings is 1. The number of amides is 1. The van der Waals surface area contributed by atoms with Gasteiger partial charge in [0.05, 0.1) is 0 Å². The summed E-state index contributed by atoms with van der Waals surface area (Å²) in [6.45, 7) is 6.66. The molecular formula is C15H21FN2O3. The summed E-state index contributed by atoms with van der Waals surface area (Å²) in [6.07, 6.45) is 0.998. The van der Waals surface area contributed by atoms with Crippen molar-refractivity contribution in [2.45, 2.75) is 45.3 Å². The molecule has 1 amide bonds. The molecule has 2 rings (SSSR count). The quantitative estimate of drug-likeness (QED) is 0.787. The molecule has 0 unspecified atom stereocenters. The van der Waals surface area contributed by atoms with Crippen molar-refractivity contribution in [3.8, 4) is 5.88 Å². The first-order valence-corrected chi connectivity index (χ1v) is 7.10. The maximum Gasteiger partial charge on any atom is 0.410 e. The van der Waals surface area contributed by atoms with Crippen LogP contribution < -0.4 is 4.74 Å². The van der Waals surface area contributed by atoms with E-state index in [2.05, 4.69) is 4.98 Å². The Hall–Kier alpha value is -1.85. The van der Waals surface area contributed by atoms with Crippen molar-refractivity contribution in [1.29, 1.82) is 0 Å². The van der Waals surface area contributed by atoms with Crippen molar-refractivity contribution < 1.29 is 18.7 Å². The van der Waals surface area contributed by atoms with E-state index in [1.165, 1.54) is 6.07 Å². The number of ether oxygens (including phenoxy) is 2. The van der Waals surface area contributed by atoms with Crippen LogP contribution in [0.25, 0.3) is 0 Å². The Morgan fingerprint density at radius 2 is 2.00 bits per heavy atom. The Balaban J connectivity index is 1.82. The van der Waals surface area contributed by atoms with Gasteiger partial charge < -0.3 is 14.4 Å². The van der Waals surface area contributed by atoms with Crippen molar-refractivity contribution in [1.82, 2.24) is 9.88 Å². The van der Waals surface area contributed by atoms with E-state index in [-0.39, 0.29) is 18.1 Å². The number of aromatic nitrogens is 1. The second-order valence-electron chi connectivity index (χ2n) is 6.08. The number of likely N-dealkylation sites (tertiary alicyclic amines) is 1. The molecule has 1 aromatic heterocycles. The van der Waals surface area contributed by atoms with Gasteiger partial charge in [-0.1, -0.05) is 6.07 Å². The number of carbonyl (C=O) groups excluding carboxylic acids is 1. The first-order chi connectivity index (χ1) is 9.83. The van der Waals surface area contributed by atoms with Gasteiger partial charge in [0.2, 0.25) is 11.8 Å². The lowest BCUT2D eigenvalue weighted by atomic mass is 10.1. The Bertz CT molecular complexity index is 494. The summed E-state index contributed by atoms with van der Waals surface area (Å²) in [5.74, 6) is -0.274. The fourth-order valence-corrected chi connectivity index (χ4v) is 2.11. The summed E-state index contributed by atoms with van der Waals surface area (Å²) in [6, 6.07) is 4.47. The van der Waals surface area contributed by atoms with Gasteiger partial charge in [0.25, 0.3) is 0 Å². The topological polar surface area (TPSA) is 51.7 Å². The highest BCUT2D eigenvalue weighted by Gasteiger charge is 2.27. The summed E-state index contributed by atoms with van der Waals surface area (Å²) in [7, 11) is 0. The molecule has 0 N–H and O–H groups in total. The molecule has 0 aromatic carbocycles. The SMILES string of the molecule is CC(C)(C)OC(=O)N1CCC(Oc2cccc(F)n2)CC1. The molecule has 0 atom stereocenters. The number of hydrogen-bond acceptors (Lipinski definition) is 4. The second kappa shape index (κ2) is 6.28. The van der Waals surface area contributed by atoms with Crippen molar-refractivity contribution in [2.24, 2.45) is 0 Å². The summed E-state index contributed by atoms with van der Waals surface area (Å²) in [4.78, 5) is 17.3. The molecular weight excluding hydrogens is 275 g/mol. The van der Waals surface area contributed by atoms with Crippen LogP contribution >= 0.6 is 0 Å². The number of pyridine rings is 1. The molecule has 1 aliphatic rings. The van der Waals surface area contributed by atoms with Crippen LogP contribution in [0.4, 0.5) is 9.18 Å². The van der Waals surface area contributed by atoms with E-state index < -0.39 is 11.5 Å². The Kier molecular flexibility index (Phi) is 4.65. The highest BCUT2D eigenvalue weighted by atomic mass is 19.1. The maximum absolute atomic E-state index is 13.0. The molecule has 1 saturated heterocycles. The van der Waals surface area contributed by atoms with E-state index in [1.54, 1.807) is 17.0 Å². The van der Waals surface area contributed by atoms with Crippen LogP contribution in [0.5, 0.6) is 5.88 Å². The first-order valence-electron chi connectivity index (χ1n) is 7.10. The molecule has 2 heterocycles. The molecule has 5 nitrogen and oxygen atoms in total. The van der Waals surface area contributed by atoms with Crippen molar-refractivity contribution >= 4 is 6.09 Å². The average Bonchev–Trinajstić information content (AvgIpc) is 2.37. The zero-order valence-corrected chi connectivity index (χ0v) is 12.6. The highest BCUT2D eigenvalue weighted by molar-refractivity contribution is 5.68. The molecule has 1 fully saturated rings. The van der Waals surface area contributed by atoms with Gasteiger partial charge in [0.1, 0.15) is 11.7 Å². The molecule has 1 aliphatic heterocycles. The van der Waals surface area contributed by atoms with E-state index in [1.807, 2.05) is 20.8 Å². The minimum absolute atomic E-state index is 0.0574. The monoisotopic (exact) mass is 296 g/mol. The van der Waals surface area contributed by atoms with E-state index in [0.717, 1.165) is 0 Å². The van der Waals surface area contributed by atoms with Crippen LogP contribution in [0, 0.1) is 5.95 Å². The number of rotatable bonds is 2. The molecule has 0 aliphatic carbocycles. The predicted molar refractivity (Wildman–Crippen MR) is 75.7 cm³/mol. The van der Waals surface area contributed by atoms with Crippen molar-refractivity contribution in [3.05, 3.63) is 24.1 Å². The maximum atomic E-state index is 13.0. The molecule has 21 heavy (non-hydrogen) atoms. The van der Waals surface area contributed by atoms with Gasteiger partial charge in [-0.25, -0.2) is 4.79 Å². The fourth-order valence-electron chi connectivity index (χ4n) is 2.11. The lowest BCUT2D eigenvalue weighted by Crippen LogP contribution is -2.44. The van der Waals surface area contributed by atoms with Gasteiger partial charge in [-0.3, -0.25) is 0 Å². The van der Waals surface area contributed by atoms with E-state index in [4.69, 9.17) is 9.47 Å². The smallest absolute Gasteiger partial charge is 0.410 e. The van der Waals surface area contributed by atoms with E-state index in [0.29, 0.717) is 25.9 Å². The number of nitrogens with zero attached hydrogens (tertiary/aromatic N) is 2. The molecule has 1 aromatic rings. The molecule has 0 radical (unpaired) electrons. The van der Waals surface area contributed by atoms with Crippen molar-refractivity contribution in [3.63, 3.8) is 0 Å². The Morgan fingerprint density at radius 1 is 1.33 bits per heavy atom. The highest BCUT2D eigenvalue weighted by Crippen LogP contribution is 2.19. The fraction of sp³-hybridized carbons (Fsp3) is 0.600. The van der Waals surface area contributed by atoms with Crippen LogP contribution in [0.2, 0.25) is 0 Å². The molecule has 0 saturated carbocycles. The first kappa shape index (κ1) is 15.5. The van der Waals surface area contributed by atoms with Gasteiger partial charge in [0.15, 0.2) is 0 Å². The molecule has 0 bridgehead atoms. The minimum atomic E-state index is -0.557. The Labute approximate surface area is 124 Å². The third kappa shape index (κ3) is 4.88. The number of carbonyl (C=O) groups is 1. The summed E-state index contributed by atoms with van der Waals surface area (Å²) in [5.41, 5.74) is -0.490.